The van der Waals surface area contributed by atoms with Crippen LogP contribution in [0.2, 0.25) is 0 Å². The van der Waals surface area contributed by atoms with Gasteiger partial charge in [0.1, 0.15) is 10.7 Å². The number of hydrogen-bond donors (Lipinski definition) is 2. The van der Waals surface area contributed by atoms with E-state index in [1.54, 1.807) is 12.1 Å². The summed E-state index contributed by atoms with van der Waals surface area (Å²) in [5.41, 5.74) is 1.85. The number of halogens is 1. The summed E-state index contributed by atoms with van der Waals surface area (Å²) in [6.07, 6.45) is 0.127. The molecule has 0 aliphatic carbocycles. The van der Waals surface area contributed by atoms with E-state index < -0.39 is 17.7 Å². The van der Waals surface area contributed by atoms with Gasteiger partial charge in [-0.25, -0.2) is 9.18 Å². The number of aromatic carboxylic acids is 1. The summed E-state index contributed by atoms with van der Waals surface area (Å²) in [5, 5.41) is 12.7. The van der Waals surface area contributed by atoms with Gasteiger partial charge in [-0.15, -0.1) is 11.3 Å². The van der Waals surface area contributed by atoms with E-state index in [-0.39, 0.29) is 17.2 Å². The highest BCUT2D eigenvalue weighted by atomic mass is 32.1. The maximum atomic E-state index is 13.9. The molecule has 0 spiro atoms. The third-order valence-corrected chi connectivity index (χ3v) is 6.40. The second-order valence-corrected chi connectivity index (χ2v) is 8.03. The van der Waals surface area contributed by atoms with Gasteiger partial charge in [-0.1, -0.05) is 24.3 Å². The molecule has 6 nitrogen and oxygen atoms in total. The van der Waals surface area contributed by atoms with Crippen LogP contribution in [0.4, 0.5) is 10.1 Å². The largest absolute Gasteiger partial charge is 0.493 e. The minimum absolute atomic E-state index is 0.0451. The van der Waals surface area contributed by atoms with E-state index in [4.69, 9.17) is 9.47 Å². The van der Waals surface area contributed by atoms with Crippen LogP contribution in [-0.4, -0.2) is 30.7 Å². The van der Waals surface area contributed by atoms with Crippen LogP contribution in [0.15, 0.2) is 42.5 Å². The van der Waals surface area contributed by atoms with E-state index in [9.17, 15) is 19.1 Å². The molecular weight excluding hydrogens is 421 g/mol. The fourth-order valence-corrected chi connectivity index (χ4v) is 5.11. The van der Waals surface area contributed by atoms with Crippen LogP contribution >= 0.6 is 11.3 Å². The highest BCUT2D eigenvalue weighted by Gasteiger charge is 2.36. The van der Waals surface area contributed by atoms with Crippen molar-refractivity contribution in [3.8, 4) is 22.6 Å². The maximum absolute atomic E-state index is 13.9. The quantitative estimate of drug-likeness (QED) is 0.554. The first-order chi connectivity index (χ1) is 14.9. The van der Waals surface area contributed by atoms with Gasteiger partial charge in [0.05, 0.1) is 19.4 Å². The average Bonchev–Trinajstić information content (AvgIpc) is 3.13. The Hall–Kier alpha value is -3.39. The fourth-order valence-electron chi connectivity index (χ4n) is 3.87. The standard InChI is InChI=1S/C23H20FNO5S/c1-3-30-20-14(8-5-9-16(20)29-2)15-11-17(26)25-19-18(12-6-4-7-13(24)10-12)22(23(27)28)31-21(15)19/h4-10,15H,3,11H2,1-2H3,(H,25,26)(H,27,28)/t15-/m0/s1. The number of thiophene rings is 1. The number of rotatable bonds is 6. The Balaban J connectivity index is 1.96. The molecule has 160 valence electrons. The highest BCUT2D eigenvalue weighted by molar-refractivity contribution is 7.15. The second kappa shape index (κ2) is 8.39. The average molecular weight is 441 g/mol. The molecule has 2 aromatic carbocycles. The van der Waals surface area contributed by atoms with Crippen LogP contribution in [-0.2, 0) is 4.79 Å². The lowest BCUT2D eigenvalue weighted by Gasteiger charge is -2.26. The van der Waals surface area contributed by atoms with E-state index >= 15 is 0 Å². The van der Waals surface area contributed by atoms with Crippen LogP contribution < -0.4 is 14.8 Å². The van der Waals surface area contributed by atoms with Crippen LogP contribution in [0, 0.1) is 5.82 Å². The summed E-state index contributed by atoms with van der Waals surface area (Å²) in [6.45, 7) is 2.25. The van der Waals surface area contributed by atoms with Crippen molar-refractivity contribution in [2.24, 2.45) is 0 Å². The van der Waals surface area contributed by atoms with Gasteiger partial charge in [0.25, 0.3) is 0 Å². The van der Waals surface area contributed by atoms with Crippen molar-refractivity contribution in [2.45, 2.75) is 19.3 Å². The molecule has 1 amide bonds. The van der Waals surface area contributed by atoms with Crippen LogP contribution in [0.3, 0.4) is 0 Å². The van der Waals surface area contributed by atoms with E-state index in [2.05, 4.69) is 5.32 Å². The first-order valence-corrected chi connectivity index (χ1v) is 10.5. The van der Waals surface area contributed by atoms with E-state index in [0.717, 1.165) is 16.9 Å². The van der Waals surface area contributed by atoms with Gasteiger partial charge in [-0.05, 0) is 30.7 Å². The molecule has 1 aliphatic heterocycles. The lowest BCUT2D eigenvalue weighted by atomic mass is 9.88. The van der Waals surface area contributed by atoms with Crippen molar-refractivity contribution in [1.82, 2.24) is 0 Å². The molecule has 4 rings (SSSR count). The van der Waals surface area contributed by atoms with Crippen molar-refractivity contribution >= 4 is 28.9 Å². The number of amides is 1. The number of benzene rings is 2. The summed E-state index contributed by atoms with van der Waals surface area (Å²) in [6, 6.07) is 11.1. The molecule has 0 saturated heterocycles. The monoisotopic (exact) mass is 441 g/mol. The number of methoxy groups -OCH3 is 1. The lowest BCUT2D eigenvalue weighted by Crippen LogP contribution is -2.23. The van der Waals surface area contributed by atoms with Gasteiger partial charge in [0.15, 0.2) is 11.5 Å². The minimum atomic E-state index is -1.14. The van der Waals surface area contributed by atoms with Crippen molar-refractivity contribution in [3.63, 3.8) is 0 Å². The normalized spacial score (nSPS) is 15.2. The molecule has 1 atom stereocenters. The number of hydrogen-bond acceptors (Lipinski definition) is 5. The van der Waals surface area contributed by atoms with Gasteiger partial charge in [-0.2, -0.15) is 0 Å². The number of anilines is 1. The summed E-state index contributed by atoms with van der Waals surface area (Å²) < 4.78 is 25.2. The molecule has 31 heavy (non-hydrogen) atoms. The number of nitrogens with one attached hydrogen (secondary N) is 1. The zero-order chi connectivity index (χ0) is 22.1. The summed E-state index contributed by atoms with van der Waals surface area (Å²) >= 11 is 1.08. The molecule has 0 saturated carbocycles. The molecule has 3 aromatic rings. The fraction of sp³-hybridized carbons (Fsp3) is 0.217. The zero-order valence-electron chi connectivity index (χ0n) is 16.9. The van der Waals surface area contributed by atoms with Crippen LogP contribution in [0.25, 0.3) is 11.1 Å². The Morgan fingerprint density at radius 3 is 2.74 bits per heavy atom. The number of carbonyl (C=O) groups excluding carboxylic acids is 1. The molecule has 2 N–H and O–H groups in total. The predicted octanol–water partition coefficient (Wildman–Crippen LogP) is 5.13. The highest BCUT2D eigenvalue weighted by Crippen LogP contribution is 2.51. The number of carbonyl (C=O) groups is 2. The zero-order valence-corrected chi connectivity index (χ0v) is 17.7. The third-order valence-electron chi connectivity index (χ3n) is 5.11. The molecule has 0 bridgehead atoms. The molecule has 1 aromatic heterocycles. The number of ether oxygens (including phenoxy) is 2. The van der Waals surface area contributed by atoms with Crippen molar-refractivity contribution in [2.75, 3.05) is 19.0 Å². The number of fused-ring (bicyclic) bond motifs is 1. The van der Waals surface area contributed by atoms with Gasteiger partial charge < -0.3 is 19.9 Å². The van der Waals surface area contributed by atoms with Crippen molar-refractivity contribution < 1.29 is 28.6 Å². The van der Waals surface area contributed by atoms with Gasteiger partial charge in [0.2, 0.25) is 5.91 Å². The molecule has 0 radical (unpaired) electrons. The minimum Gasteiger partial charge on any atom is -0.493 e. The summed E-state index contributed by atoms with van der Waals surface area (Å²) in [5.74, 6) is -1.25. The first-order valence-electron chi connectivity index (χ1n) is 9.70. The Morgan fingerprint density at radius 1 is 1.29 bits per heavy atom. The van der Waals surface area contributed by atoms with Crippen molar-refractivity contribution in [1.29, 1.82) is 0 Å². The Morgan fingerprint density at radius 2 is 2.06 bits per heavy atom. The molecule has 2 heterocycles. The number of carboxylic acids is 1. The predicted molar refractivity (Wildman–Crippen MR) is 116 cm³/mol. The topological polar surface area (TPSA) is 84.9 Å². The molecule has 0 unspecified atom stereocenters. The maximum Gasteiger partial charge on any atom is 0.346 e. The van der Waals surface area contributed by atoms with Gasteiger partial charge in [-0.3, -0.25) is 4.79 Å². The first kappa shape index (κ1) is 20.9. The summed E-state index contributed by atoms with van der Waals surface area (Å²) in [4.78, 5) is 25.4. The van der Waals surface area contributed by atoms with E-state index in [1.807, 2.05) is 19.1 Å². The molecule has 1 aliphatic rings. The summed E-state index contributed by atoms with van der Waals surface area (Å²) in [7, 11) is 1.54. The Bertz CT molecular complexity index is 1170. The number of para-hydroxylation sites is 1. The SMILES string of the molecule is CCOc1c(OC)cccc1[C@@H]1CC(=O)Nc2c1sc(C(=O)O)c2-c1cccc(F)c1. The van der Waals surface area contributed by atoms with Gasteiger partial charge in [0, 0.05) is 28.3 Å². The van der Waals surface area contributed by atoms with Crippen LogP contribution in [0.1, 0.15) is 39.4 Å². The molecular formula is C23H20FNO5S. The Kier molecular flexibility index (Phi) is 5.65. The molecule has 8 heteroatoms. The number of carboxylic acid groups (broad SMARTS) is 1. The lowest BCUT2D eigenvalue weighted by molar-refractivity contribution is -0.116. The van der Waals surface area contributed by atoms with Crippen LogP contribution in [0.5, 0.6) is 11.5 Å². The van der Waals surface area contributed by atoms with E-state index in [1.165, 1.54) is 25.3 Å². The van der Waals surface area contributed by atoms with E-state index in [0.29, 0.717) is 39.8 Å². The Labute approximate surface area is 182 Å². The second-order valence-electron chi connectivity index (χ2n) is 6.98. The van der Waals surface area contributed by atoms with Gasteiger partial charge >= 0.3 is 5.97 Å². The molecule has 0 fully saturated rings. The third kappa shape index (κ3) is 3.74. The van der Waals surface area contributed by atoms with Crippen molar-refractivity contribution in [3.05, 3.63) is 63.6 Å². The smallest absolute Gasteiger partial charge is 0.346 e.